The Morgan fingerprint density at radius 1 is 1.00 bits per heavy atom. The lowest BCUT2D eigenvalue weighted by molar-refractivity contribution is 0.955. The van der Waals surface area contributed by atoms with E-state index in [0.717, 1.165) is 18.7 Å². The molecule has 0 saturated heterocycles. The van der Waals surface area contributed by atoms with Crippen LogP contribution in [0.4, 0.5) is 17.5 Å². The van der Waals surface area contributed by atoms with E-state index in [2.05, 4.69) is 37.5 Å². The molecule has 6 heteroatoms. The fourth-order valence-corrected chi connectivity index (χ4v) is 1.92. The first-order valence-electron chi connectivity index (χ1n) is 6.91. The molecule has 2 heterocycles. The average Bonchev–Trinajstić information content (AvgIpc) is 2.54. The van der Waals surface area contributed by atoms with E-state index in [1.807, 2.05) is 30.3 Å². The zero-order valence-corrected chi connectivity index (χ0v) is 11.7. The lowest BCUT2D eigenvalue weighted by atomic mass is 10.3. The highest BCUT2D eigenvalue weighted by Gasteiger charge is 2.09. The second-order valence-electron chi connectivity index (χ2n) is 4.54. The second kappa shape index (κ2) is 6.13. The molecule has 21 heavy (non-hydrogen) atoms. The van der Waals surface area contributed by atoms with Crippen molar-refractivity contribution in [2.24, 2.45) is 0 Å². The zero-order chi connectivity index (χ0) is 14.5. The monoisotopic (exact) mass is 280 g/mol. The number of aromatic nitrogens is 4. The van der Waals surface area contributed by atoms with Gasteiger partial charge in [0.25, 0.3) is 0 Å². The molecule has 2 N–H and O–H groups in total. The highest BCUT2D eigenvalue weighted by molar-refractivity contribution is 5.85. The summed E-state index contributed by atoms with van der Waals surface area (Å²) in [5, 5.41) is 6.45. The topological polar surface area (TPSA) is 75.6 Å². The third-order valence-electron chi connectivity index (χ3n) is 2.90. The van der Waals surface area contributed by atoms with Crippen molar-refractivity contribution >= 4 is 28.6 Å². The molecule has 0 aliphatic rings. The van der Waals surface area contributed by atoms with Gasteiger partial charge in [-0.1, -0.05) is 25.1 Å². The molecule has 0 atom stereocenters. The van der Waals surface area contributed by atoms with Gasteiger partial charge in [0, 0.05) is 24.6 Å². The Hall–Kier alpha value is -2.76. The van der Waals surface area contributed by atoms with Gasteiger partial charge >= 0.3 is 0 Å². The van der Waals surface area contributed by atoms with E-state index in [0.29, 0.717) is 22.9 Å². The van der Waals surface area contributed by atoms with Crippen LogP contribution in [-0.2, 0) is 0 Å². The van der Waals surface area contributed by atoms with Crippen molar-refractivity contribution in [3.8, 4) is 0 Å². The summed E-state index contributed by atoms with van der Waals surface area (Å²) >= 11 is 0. The molecule has 2 aromatic heterocycles. The normalized spacial score (nSPS) is 10.5. The summed E-state index contributed by atoms with van der Waals surface area (Å²) in [7, 11) is 0. The number of fused-ring (bicyclic) bond motifs is 1. The Kier molecular flexibility index (Phi) is 3.86. The van der Waals surface area contributed by atoms with Gasteiger partial charge in [-0.25, -0.2) is 9.97 Å². The molecule has 0 aliphatic heterocycles. The van der Waals surface area contributed by atoms with Crippen LogP contribution < -0.4 is 10.6 Å². The maximum absolute atomic E-state index is 4.50. The molecular weight excluding hydrogens is 264 g/mol. The minimum atomic E-state index is 0.559. The molecule has 0 bridgehead atoms. The number of nitrogens with zero attached hydrogens (tertiary/aromatic N) is 4. The first kappa shape index (κ1) is 13.2. The highest BCUT2D eigenvalue weighted by atomic mass is 15.2. The summed E-state index contributed by atoms with van der Waals surface area (Å²) < 4.78 is 0. The van der Waals surface area contributed by atoms with E-state index >= 15 is 0 Å². The Morgan fingerprint density at radius 3 is 2.62 bits per heavy atom. The molecule has 3 rings (SSSR count). The van der Waals surface area contributed by atoms with Crippen molar-refractivity contribution in [2.45, 2.75) is 13.3 Å². The van der Waals surface area contributed by atoms with Gasteiger partial charge in [-0.3, -0.25) is 0 Å². The van der Waals surface area contributed by atoms with Crippen LogP contribution >= 0.6 is 0 Å². The number of anilines is 3. The number of hydrogen-bond donors (Lipinski definition) is 2. The molecule has 106 valence electrons. The van der Waals surface area contributed by atoms with Gasteiger partial charge in [-0.05, 0) is 18.6 Å². The van der Waals surface area contributed by atoms with Crippen LogP contribution in [0.25, 0.3) is 11.2 Å². The third kappa shape index (κ3) is 3.05. The van der Waals surface area contributed by atoms with Crippen LogP contribution in [0, 0.1) is 0 Å². The maximum Gasteiger partial charge on any atom is 0.226 e. The van der Waals surface area contributed by atoms with Gasteiger partial charge in [-0.15, -0.1) is 0 Å². The zero-order valence-electron chi connectivity index (χ0n) is 11.7. The lowest BCUT2D eigenvalue weighted by Gasteiger charge is -2.10. The number of hydrogen-bond acceptors (Lipinski definition) is 6. The Balaban J connectivity index is 2.02. The van der Waals surface area contributed by atoms with Crippen LogP contribution in [-0.4, -0.2) is 26.5 Å². The number of benzene rings is 1. The quantitative estimate of drug-likeness (QED) is 0.748. The lowest BCUT2D eigenvalue weighted by Crippen LogP contribution is -2.07. The molecule has 0 fully saturated rings. The van der Waals surface area contributed by atoms with Crippen molar-refractivity contribution in [2.75, 3.05) is 17.2 Å². The van der Waals surface area contributed by atoms with Gasteiger partial charge in [0.15, 0.2) is 17.0 Å². The third-order valence-corrected chi connectivity index (χ3v) is 2.90. The van der Waals surface area contributed by atoms with Crippen LogP contribution in [0.1, 0.15) is 13.3 Å². The van der Waals surface area contributed by atoms with Crippen molar-refractivity contribution in [1.29, 1.82) is 0 Å². The van der Waals surface area contributed by atoms with Gasteiger partial charge in [0.2, 0.25) is 5.95 Å². The second-order valence-corrected chi connectivity index (χ2v) is 4.54. The van der Waals surface area contributed by atoms with E-state index in [4.69, 9.17) is 0 Å². The van der Waals surface area contributed by atoms with E-state index in [-0.39, 0.29) is 0 Å². The van der Waals surface area contributed by atoms with Gasteiger partial charge < -0.3 is 10.6 Å². The van der Waals surface area contributed by atoms with Crippen molar-refractivity contribution < 1.29 is 0 Å². The van der Waals surface area contributed by atoms with Crippen molar-refractivity contribution in [3.05, 3.63) is 42.7 Å². The standard InChI is InChI=1S/C15H16N6/c1-2-8-18-15-20-13-12(16-9-10-17-13)14(21-15)19-11-6-4-3-5-7-11/h3-7,9-10H,2,8H2,1H3,(H2,17,18,19,20,21). The average molecular weight is 280 g/mol. The minimum absolute atomic E-state index is 0.559. The first-order chi connectivity index (χ1) is 10.4. The maximum atomic E-state index is 4.50. The van der Waals surface area contributed by atoms with Crippen LogP contribution in [0.3, 0.4) is 0 Å². The van der Waals surface area contributed by atoms with E-state index in [1.54, 1.807) is 12.4 Å². The molecule has 6 nitrogen and oxygen atoms in total. The molecule has 0 unspecified atom stereocenters. The minimum Gasteiger partial charge on any atom is -0.354 e. The summed E-state index contributed by atoms with van der Waals surface area (Å²) in [6.45, 7) is 2.91. The van der Waals surface area contributed by atoms with Gasteiger partial charge in [-0.2, -0.15) is 9.97 Å². The summed E-state index contributed by atoms with van der Waals surface area (Å²) in [5.74, 6) is 1.21. The van der Waals surface area contributed by atoms with Crippen LogP contribution in [0.5, 0.6) is 0 Å². The van der Waals surface area contributed by atoms with E-state index in [9.17, 15) is 0 Å². The predicted octanol–water partition coefficient (Wildman–Crippen LogP) is 2.99. The summed E-state index contributed by atoms with van der Waals surface area (Å²) in [5.41, 5.74) is 2.18. The largest absolute Gasteiger partial charge is 0.354 e. The smallest absolute Gasteiger partial charge is 0.226 e. The van der Waals surface area contributed by atoms with Crippen LogP contribution in [0.2, 0.25) is 0 Å². The highest BCUT2D eigenvalue weighted by Crippen LogP contribution is 2.22. The molecule has 0 amide bonds. The Bertz CT molecular complexity index is 729. The summed E-state index contributed by atoms with van der Waals surface area (Å²) in [6, 6.07) is 9.85. The summed E-state index contributed by atoms with van der Waals surface area (Å²) in [4.78, 5) is 17.5. The number of para-hydroxylation sites is 1. The summed E-state index contributed by atoms with van der Waals surface area (Å²) in [6.07, 6.45) is 4.27. The number of nitrogens with one attached hydrogen (secondary N) is 2. The van der Waals surface area contributed by atoms with Crippen LogP contribution in [0.15, 0.2) is 42.7 Å². The van der Waals surface area contributed by atoms with Crippen molar-refractivity contribution in [3.63, 3.8) is 0 Å². The first-order valence-corrected chi connectivity index (χ1v) is 6.91. The molecular formula is C15H16N6. The SMILES string of the molecule is CCCNc1nc(Nc2ccccc2)c2nccnc2n1. The van der Waals surface area contributed by atoms with E-state index < -0.39 is 0 Å². The fraction of sp³-hybridized carbons (Fsp3) is 0.200. The van der Waals surface area contributed by atoms with Gasteiger partial charge in [0.05, 0.1) is 0 Å². The Morgan fingerprint density at radius 2 is 1.81 bits per heavy atom. The Labute approximate surface area is 122 Å². The molecule has 0 aliphatic carbocycles. The molecule has 3 aromatic rings. The molecule has 1 aromatic carbocycles. The molecule has 0 radical (unpaired) electrons. The fourth-order valence-electron chi connectivity index (χ4n) is 1.92. The van der Waals surface area contributed by atoms with Gasteiger partial charge in [0.1, 0.15) is 0 Å². The van der Waals surface area contributed by atoms with E-state index in [1.165, 1.54) is 0 Å². The number of rotatable bonds is 5. The van der Waals surface area contributed by atoms with Crippen molar-refractivity contribution in [1.82, 2.24) is 19.9 Å². The predicted molar refractivity (Wildman–Crippen MR) is 83.6 cm³/mol. The molecule has 0 saturated carbocycles. The molecule has 0 spiro atoms.